The van der Waals surface area contributed by atoms with Crippen LogP contribution >= 0.6 is 0 Å². The molecule has 1 amide bonds. The molecule has 1 aromatic heterocycles. The zero-order valence-corrected chi connectivity index (χ0v) is 13.6. The largest absolute Gasteiger partial charge is 0.381 e. The molecule has 0 spiro atoms. The van der Waals surface area contributed by atoms with Gasteiger partial charge in [0.1, 0.15) is 5.82 Å². The molecule has 0 radical (unpaired) electrons. The predicted molar refractivity (Wildman–Crippen MR) is 86.1 cm³/mol. The molecule has 0 aliphatic carbocycles. The van der Waals surface area contributed by atoms with Gasteiger partial charge in [0, 0.05) is 58.1 Å². The second-order valence-corrected chi connectivity index (χ2v) is 5.69. The van der Waals surface area contributed by atoms with Crippen LogP contribution in [0.1, 0.15) is 18.5 Å². The Morgan fingerprint density at radius 3 is 2.73 bits per heavy atom. The Morgan fingerprint density at radius 2 is 2.05 bits per heavy atom. The summed E-state index contributed by atoms with van der Waals surface area (Å²) in [4.78, 5) is 22.7. The summed E-state index contributed by atoms with van der Waals surface area (Å²) in [7, 11) is 3.89. The van der Waals surface area contributed by atoms with Crippen LogP contribution in [0.3, 0.4) is 0 Å². The standard InChI is InChI=1S/C15H25N5O2/c1-11-10-13(20(2)3)19-15(18-11)17-7-6-16-14(21)12-4-8-22-9-5-12/h10,12H,4-9H2,1-3H3,(H,16,21)(H,17,18,19). The van der Waals surface area contributed by atoms with E-state index in [-0.39, 0.29) is 11.8 Å². The van der Waals surface area contributed by atoms with E-state index in [9.17, 15) is 4.79 Å². The highest BCUT2D eigenvalue weighted by atomic mass is 16.5. The number of carbonyl (C=O) groups excluding carboxylic acids is 1. The van der Waals surface area contributed by atoms with Gasteiger partial charge in [0.25, 0.3) is 0 Å². The number of rotatable bonds is 6. The first-order valence-corrected chi connectivity index (χ1v) is 7.68. The summed E-state index contributed by atoms with van der Waals surface area (Å²) in [5, 5.41) is 6.10. The van der Waals surface area contributed by atoms with Crippen molar-refractivity contribution >= 4 is 17.7 Å². The molecule has 0 aromatic carbocycles. The minimum Gasteiger partial charge on any atom is -0.381 e. The van der Waals surface area contributed by atoms with Crippen molar-refractivity contribution < 1.29 is 9.53 Å². The SMILES string of the molecule is Cc1cc(N(C)C)nc(NCCNC(=O)C2CCOCC2)n1. The molecule has 0 saturated carbocycles. The Labute approximate surface area is 131 Å². The quantitative estimate of drug-likeness (QED) is 0.757. The Bertz CT molecular complexity index is 501. The predicted octanol–water partition coefficient (Wildman–Crippen LogP) is 0.806. The fraction of sp³-hybridized carbons (Fsp3) is 0.667. The van der Waals surface area contributed by atoms with E-state index in [0.717, 1.165) is 24.4 Å². The minimum absolute atomic E-state index is 0.0873. The van der Waals surface area contributed by atoms with Crippen LogP contribution in [-0.2, 0) is 9.53 Å². The number of nitrogens with zero attached hydrogens (tertiary/aromatic N) is 3. The van der Waals surface area contributed by atoms with E-state index in [1.54, 1.807) is 0 Å². The maximum atomic E-state index is 12.0. The molecule has 0 unspecified atom stereocenters. The number of aromatic nitrogens is 2. The Balaban J connectivity index is 1.75. The highest BCUT2D eigenvalue weighted by molar-refractivity contribution is 5.78. The van der Waals surface area contributed by atoms with E-state index >= 15 is 0 Å². The van der Waals surface area contributed by atoms with Gasteiger partial charge in [-0.15, -0.1) is 0 Å². The summed E-state index contributed by atoms with van der Waals surface area (Å²) >= 11 is 0. The molecule has 22 heavy (non-hydrogen) atoms. The van der Waals surface area contributed by atoms with Crippen LogP contribution in [0.2, 0.25) is 0 Å². The number of aryl methyl sites for hydroxylation is 1. The van der Waals surface area contributed by atoms with E-state index < -0.39 is 0 Å². The summed E-state index contributed by atoms with van der Waals surface area (Å²) in [6.07, 6.45) is 1.62. The smallest absolute Gasteiger partial charge is 0.224 e. The van der Waals surface area contributed by atoms with E-state index in [2.05, 4.69) is 20.6 Å². The van der Waals surface area contributed by atoms with Crippen molar-refractivity contribution in [1.82, 2.24) is 15.3 Å². The number of hydrogen-bond donors (Lipinski definition) is 2. The number of nitrogens with one attached hydrogen (secondary N) is 2. The molecule has 1 fully saturated rings. The van der Waals surface area contributed by atoms with Gasteiger partial charge in [-0.3, -0.25) is 4.79 Å². The van der Waals surface area contributed by atoms with Crippen LogP contribution in [0.15, 0.2) is 6.07 Å². The normalized spacial score (nSPS) is 15.4. The van der Waals surface area contributed by atoms with Crippen molar-refractivity contribution in [3.8, 4) is 0 Å². The molecular weight excluding hydrogens is 282 g/mol. The molecule has 1 aliphatic heterocycles. The molecule has 2 heterocycles. The van der Waals surface area contributed by atoms with Crippen LogP contribution in [0.25, 0.3) is 0 Å². The lowest BCUT2D eigenvalue weighted by Crippen LogP contribution is -2.36. The zero-order valence-electron chi connectivity index (χ0n) is 13.6. The average molecular weight is 307 g/mol. The summed E-state index contributed by atoms with van der Waals surface area (Å²) in [6, 6.07) is 1.93. The molecule has 122 valence electrons. The summed E-state index contributed by atoms with van der Waals surface area (Å²) in [5.41, 5.74) is 0.910. The van der Waals surface area contributed by atoms with Crippen molar-refractivity contribution in [2.75, 3.05) is 50.6 Å². The second kappa shape index (κ2) is 7.93. The summed E-state index contributed by atoms with van der Waals surface area (Å²) < 4.78 is 5.26. The number of hydrogen-bond acceptors (Lipinski definition) is 6. The molecule has 2 rings (SSSR count). The third kappa shape index (κ3) is 4.84. The van der Waals surface area contributed by atoms with Crippen molar-refractivity contribution in [2.24, 2.45) is 5.92 Å². The Morgan fingerprint density at radius 1 is 1.32 bits per heavy atom. The van der Waals surface area contributed by atoms with Gasteiger partial charge < -0.3 is 20.3 Å². The van der Waals surface area contributed by atoms with Gasteiger partial charge in [0.15, 0.2) is 0 Å². The summed E-state index contributed by atoms with van der Waals surface area (Å²) in [6.45, 7) is 4.46. The van der Waals surface area contributed by atoms with Gasteiger partial charge in [-0.25, -0.2) is 4.98 Å². The van der Waals surface area contributed by atoms with E-state index in [1.807, 2.05) is 32.0 Å². The maximum absolute atomic E-state index is 12.0. The van der Waals surface area contributed by atoms with Crippen LogP contribution in [0.4, 0.5) is 11.8 Å². The number of anilines is 2. The zero-order chi connectivity index (χ0) is 15.9. The lowest BCUT2D eigenvalue weighted by atomic mass is 9.99. The monoisotopic (exact) mass is 307 g/mol. The van der Waals surface area contributed by atoms with Crippen molar-refractivity contribution in [3.05, 3.63) is 11.8 Å². The van der Waals surface area contributed by atoms with Crippen molar-refractivity contribution in [3.63, 3.8) is 0 Å². The third-order valence-corrected chi connectivity index (χ3v) is 3.60. The first kappa shape index (κ1) is 16.5. The fourth-order valence-corrected chi connectivity index (χ4v) is 2.32. The van der Waals surface area contributed by atoms with Gasteiger partial charge in [-0.05, 0) is 19.8 Å². The molecular formula is C15H25N5O2. The topological polar surface area (TPSA) is 79.4 Å². The molecule has 1 aliphatic rings. The van der Waals surface area contributed by atoms with Crippen molar-refractivity contribution in [2.45, 2.75) is 19.8 Å². The number of ether oxygens (including phenoxy) is 1. The number of carbonyl (C=O) groups is 1. The van der Waals surface area contributed by atoms with Crippen LogP contribution in [0, 0.1) is 12.8 Å². The highest BCUT2D eigenvalue weighted by Gasteiger charge is 2.20. The fourth-order valence-electron chi connectivity index (χ4n) is 2.32. The van der Waals surface area contributed by atoms with E-state index in [0.29, 0.717) is 32.3 Å². The molecule has 0 atom stereocenters. The minimum atomic E-state index is 0.0873. The van der Waals surface area contributed by atoms with Gasteiger partial charge in [-0.1, -0.05) is 0 Å². The highest BCUT2D eigenvalue weighted by Crippen LogP contribution is 2.14. The molecule has 0 bridgehead atoms. The van der Waals surface area contributed by atoms with Gasteiger partial charge in [0.05, 0.1) is 0 Å². The van der Waals surface area contributed by atoms with Gasteiger partial charge in [0.2, 0.25) is 11.9 Å². The number of amides is 1. The Hall–Kier alpha value is -1.89. The first-order chi connectivity index (χ1) is 10.6. The second-order valence-electron chi connectivity index (χ2n) is 5.69. The first-order valence-electron chi connectivity index (χ1n) is 7.68. The van der Waals surface area contributed by atoms with Crippen LogP contribution in [-0.4, -0.2) is 56.3 Å². The molecule has 1 aromatic rings. The van der Waals surface area contributed by atoms with Crippen LogP contribution in [0.5, 0.6) is 0 Å². The van der Waals surface area contributed by atoms with Crippen LogP contribution < -0.4 is 15.5 Å². The van der Waals surface area contributed by atoms with Crippen molar-refractivity contribution in [1.29, 1.82) is 0 Å². The molecule has 1 saturated heterocycles. The molecule has 2 N–H and O–H groups in total. The van der Waals surface area contributed by atoms with E-state index in [1.165, 1.54) is 0 Å². The van der Waals surface area contributed by atoms with E-state index in [4.69, 9.17) is 4.74 Å². The van der Waals surface area contributed by atoms with Gasteiger partial charge in [-0.2, -0.15) is 4.98 Å². The Kier molecular flexibility index (Phi) is 5.94. The lowest BCUT2D eigenvalue weighted by molar-refractivity contribution is -0.127. The maximum Gasteiger partial charge on any atom is 0.224 e. The molecule has 7 heteroatoms. The molecule has 7 nitrogen and oxygen atoms in total. The third-order valence-electron chi connectivity index (χ3n) is 3.60. The lowest BCUT2D eigenvalue weighted by Gasteiger charge is -2.21. The average Bonchev–Trinajstić information content (AvgIpc) is 2.51. The van der Waals surface area contributed by atoms with Gasteiger partial charge >= 0.3 is 0 Å². The summed E-state index contributed by atoms with van der Waals surface area (Å²) in [5.74, 6) is 1.65.